The number of anilines is 3. The van der Waals surface area contributed by atoms with Crippen LogP contribution in [0.4, 0.5) is 17.1 Å². The molecule has 1 aromatic heterocycles. The maximum atomic E-state index is 6.39. The third kappa shape index (κ3) is 6.04. The second kappa shape index (κ2) is 14.8. The molecule has 12 rings (SSSR count). The summed E-state index contributed by atoms with van der Waals surface area (Å²) in [7, 11) is 0. The monoisotopic (exact) mass is 789 g/mol. The summed E-state index contributed by atoms with van der Waals surface area (Å²) < 4.78 is 6.39. The normalized spacial score (nSPS) is 11.5. The van der Waals surface area contributed by atoms with E-state index in [4.69, 9.17) is 4.42 Å². The molecule has 0 spiro atoms. The molecular formula is C60H39NO. The topological polar surface area (TPSA) is 16.4 Å². The fraction of sp³-hybridized carbons (Fsp3) is 0. The van der Waals surface area contributed by atoms with Crippen molar-refractivity contribution in [2.45, 2.75) is 0 Å². The number of nitrogens with zero attached hydrogens (tertiary/aromatic N) is 1. The zero-order valence-electron chi connectivity index (χ0n) is 33.9. The molecule has 0 atom stereocenters. The first kappa shape index (κ1) is 35.7. The van der Waals surface area contributed by atoms with Crippen molar-refractivity contribution in [3.8, 4) is 44.5 Å². The molecule has 62 heavy (non-hydrogen) atoms. The summed E-state index contributed by atoms with van der Waals surface area (Å²) in [5.41, 5.74) is 14.5. The number of fused-ring (bicyclic) bond motifs is 10. The molecule has 0 bridgehead atoms. The van der Waals surface area contributed by atoms with E-state index in [0.29, 0.717) is 0 Å². The molecule has 1 heterocycles. The molecule has 12 aromatic rings. The smallest absolute Gasteiger partial charge is 0.136 e. The molecule has 0 saturated heterocycles. The average Bonchev–Trinajstić information content (AvgIpc) is 3.74. The summed E-state index contributed by atoms with van der Waals surface area (Å²) in [6.45, 7) is 0. The van der Waals surface area contributed by atoms with Crippen molar-refractivity contribution >= 4 is 71.3 Å². The van der Waals surface area contributed by atoms with Crippen LogP contribution in [0.25, 0.3) is 98.8 Å². The van der Waals surface area contributed by atoms with E-state index in [0.717, 1.165) is 33.6 Å². The van der Waals surface area contributed by atoms with Crippen molar-refractivity contribution in [1.29, 1.82) is 0 Å². The van der Waals surface area contributed by atoms with Gasteiger partial charge >= 0.3 is 0 Å². The summed E-state index contributed by atoms with van der Waals surface area (Å²) in [6.07, 6.45) is 0. The van der Waals surface area contributed by atoms with Gasteiger partial charge in [-0.25, -0.2) is 0 Å². The Morgan fingerprint density at radius 3 is 1.29 bits per heavy atom. The van der Waals surface area contributed by atoms with Gasteiger partial charge in [-0.2, -0.15) is 0 Å². The van der Waals surface area contributed by atoms with Crippen LogP contribution < -0.4 is 4.90 Å². The number of hydrogen-bond donors (Lipinski definition) is 0. The first-order valence-electron chi connectivity index (χ1n) is 21.2. The van der Waals surface area contributed by atoms with Crippen LogP contribution in [-0.4, -0.2) is 0 Å². The van der Waals surface area contributed by atoms with Gasteiger partial charge in [0.25, 0.3) is 0 Å². The molecule has 11 aromatic carbocycles. The predicted molar refractivity (Wildman–Crippen MR) is 263 cm³/mol. The molecule has 0 aliphatic carbocycles. The minimum absolute atomic E-state index is 0.914. The predicted octanol–water partition coefficient (Wildman–Crippen LogP) is 17.2. The van der Waals surface area contributed by atoms with Crippen molar-refractivity contribution < 1.29 is 4.42 Å². The van der Waals surface area contributed by atoms with Crippen LogP contribution in [0.2, 0.25) is 0 Å². The maximum Gasteiger partial charge on any atom is 0.136 e. The molecule has 0 fully saturated rings. The quantitative estimate of drug-likeness (QED) is 0.150. The van der Waals surface area contributed by atoms with Gasteiger partial charge in [-0.05, 0) is 132 Å². The molecule has 2 heteroatoms. The number of benzene rings is 11. The summed E-state index contributed by atoms with van der Waals surface area (Å²) in [6, 6.07) is 85.4. The number of furan rings is 1. The van der Waals surface area contributed by atoms with Gasteiger partial charge in [0.05, 0.1) is 0 Å². The van der Waals surface area contributed by atoms with Crippen LogP contribution >= 0.6 is 0 Å². The molecule has 0 N–H and O–H groups in total. The highest BCUT2D eigenvalue weighted by molar-refractivity contribution is 6.36. The van der Waals surface area contributed by atoms with E-state index < -0.39 is 0 Å². The lowest BCUT2D eigenvalue weighted by molar-refractivity contribution is 0.669. The van der Waals surface area contributed by atoms with Crippen LogP contribution in [0.5, 0.6) is 0 Å². The summed E-state index contributed by atoms with van der Waals surface area (Å²) in [5.74, 6) is 0. The Balaban J connectivity index is 1.04. The molecule has 2 nitrogen and oxygen atoms in total. The molecule has 0 amide bonds. The highest BCUT2D eigenvalue weighted by Crippen LogP contribution is 2.46. The minimum Gasteiger partial charge on any atom is -0.456 e. The van der Waals surface area contributed by atoms with Gasteiger partial charge in [-0.3, -0.25) is 0 Å². The number of rotatable bonds is 7. The third-order valence-corrected chi connectivity index (χ3v) is 12.4. The van der Waals surface area contributed by atoms with Gasteiger partial charge in [0.2, 0.25) is 0 Å². The van der Waals surface area contributed by atoms with E-state index in [-0.39, 0.29) is 0 Å². The zero-order valence-corrected chi connectivity index (χ0v) is 33.9. The molecule has 290 valence electrons. The van der Waals surface area contributed by atoms with Gasteiger partial charge < -0.3 is 9.32 Å². The molecule has 0 saturated carbocycles. The molecular weight excluding hydrogens is 751 g/mol. The Kier molecular flexibility index (Phi) is 8.53. The summed E-state index contributed by atoms with van der Waals surface area (Å²) in [5, 5.41) is 9.75. The highest BCUT2D eigenvalue weighted by Gasteiger charge is 2.20. The van der Waals surface area contributed by atoms with Crippen LogP contribution in [-0.2, 0) is 0 Å². The lowest BCUT2D eigenvalue weighted by atomic mass is 9.88. The Bertz CT molecular complexity index is 3500. The Morgan fingerprint density at radius 2 is 0.694 bits per heavy atom. The molecule has 0 aliphatic rings. The van der Waals surface area contributed by atoms with Crippen LogP contribution in [0.1, 0.15) is 0 Å². The molecule has 0 unspecified atom stereocenters. The summed E-state index contributed by atoms with van der Waals surface area (Å²) in [4.78, 5) is 2.39. The maximum absolute atomic E-state index is 6.39. The largest absolute Gasteiger partial charge is 0.456 e. The van der Waals surface area contributed by atoms with Gasteiger partial charge in [-0.15, -0.1) is 0 Å². The van der Waals surface area contributed by atoms with E-state index in [2.05, 4.69) is 235 Å². The van der Waals surface area contributed by atoms with Crippen molar-refractivity contribution in [3.63, 3.8) is 0 Å². The zero-order chi connectivity index (χ0) is 41.0. The van der Waals surface area contributed by atoms with E-state index in [1.807, 2.05) is 6.07 Å². The first-order valence-corrected chi connectivity index (χ1v) is 21.2. The van der Waals surface area contributed by atoms with Gasteiger partial charge in [0, 0.05) is 33.2 Å². The minimum atomic E-state index is 0.914. The van der Waals surface area contributed by atoms with Crippen molar-refractivity contribution in [3.05, 3.63) is 237 Å². The Labute approximate surface area is 360 Å². The Hall–Kier alpha value is -8.20. The number of para-hydroxylation sites is 1. The van der Waals surface area contributed by atoms with Crippen molar-refractivity contribution in [2.75, 3.05) is 4.90 Å². The van der Waals surface area contributed by atoms with Gasteiger partial charge in [0.15, 0.2) is 0 Å². The van der Waals surface area contributed by atoms with Crippen molar-refractivity contribution in [2.24, 2.45) is 0 Å². The van der Waals surface area contributed by atoms with E-state index in [1.54, 1.807) is 0 Å². The average molecular weight is 790 g/mol. The second-order valence-electron chi connectivity index (χ2n) is 16.0. The van der Waals surface area contributed by atoms with Crippen LogP contribution in [0.15, 0.2) is 241 Å². The van der Waals surface area contributed by atoms with Crippen LogP contribution in [0, 0.1) is 0 Å². The lowest BCUT2D eigenvalue weighted by Gasteiger charge is -2.27. The fourth-order valence-electron chi connectivity index (χ4n) is 9.55. The van der Waals surface area contributed by atoms with E-state index in [9.17, 15) is 0 Å². The fourth-order valence-corrected chi connectivity index (χ4v) is 9.55. The lowest BCUT2D eigenvalue weighted by Crippen LogP contribution is -2.10. The molecule has 0 aliphatic heterocycles. The second-order valence-corrected chi connectivity index (χ2v) is 16.0. The summed E-state index contributed by atoms with van der Waals surface area (Å²) >= 11 is 0. The van der Waals surface area contributed by atoms with E-state index >= 15 is 0 Å². The first-order chi connectivity index (χ1) is 30.7. The SMILES string of the molecule is c1ccc(-c2ccc(N(c3ccc(-c4cccc5c6ccc7oc8ccccc8c7c6c6ccccc6c45)cc3)c3cc(-c4ccccc4)cc(-c4ccccc4)c3)cc2)cc1. The molecule has 0 radical (unpaired) electrons. The van der Waals surface area contributed by atoms with Crippen LogP contribution in [0.3, 0.4) is 0 Å². The number of hydrogen-bond acceptors (Lipinski definition) is 2. The Morgan fingerprint density at radius 1 is 0.242 bits per heavy atom. The highest BCUT2D eigenvalue weighted by atomic mass is 16.3. The third-order valence-electron chi connectivity index (χ3n) is 12.4. The standard InChI is InChI=1S/C60H39NO/c1-4-15-40(16-5-1)43-27-31-47(32-28-43)61(49-38-45(41-17-6-2-7-18-41)37-46(39-49)42-19-8-3-9-20-42)48-33-29-44(30-34-48)50-24-14-25-52-54-35-36-57-60(55-23-12-13-26-56(55)62-57)59(54)53-22-11-10-21-51(53)58(50)52/h1-39H. The van der Waals surface area contributed by atoms with Gasteiger partial charge in [-0.1, -0.05) is 176 Å². The van der Waals surface area contributed by atoms with Gasteiger partial charge in [0.1, 0.15) is 11.2 Å². The van der Waals surface area contributed by atoms with Crippen molar-refractivity contribution in [1.82, 2.24) is 0 Å². The van der Waals surface area contributed by atoms with E-state index in [1.165, 1.54) is 82.2 Å².